The molecule has 6 nitrogen and oxygen atoms in total. The lowest BCUT2D eigenvalue weighted by atomic mass is 10.1. The number of benzene rings is 1. The Hall–Kier alpha value is -2.28. The smallest absolute Gasteiger partial charge is 0.333 e. The summed E-state index contributed by atoms with van der Waals surface area (Å²) in [6.45, 7) is 0.734. The van der Waals surface area contributed by atoms with Gasteiger partial charge in [0.15, 0.2) is 0 Å². The predicted molar refractivity (Wildman–Crippen MR) is 88.8 cm³/mol. The number of rotatable bonds is 1. The standard InChI is InChI=1S/C16H17N3O3S/c1-17-13(20)12(14(21)18(2)16(17)22)15-19(9-6-10-23-15)11-7-4-3-5-8-11/h3-5,7-8H,6,9-10H2,1-2H3. The van der Waals surface area contributed by atoms with Crippen LogP contribution < -0.4 is 4.90 Å². The lowest BCUT2D eigenvalue weighted by Crippen LogP contribution is -2.54. The maximum absolute atomic E-state index is 12.5. The van der Waals surface area contributed by atoms with Crippen molar-refractivity contribution in [2.75, 3.05) is 31.3 Å². The minimum atomic E-state index is -0.601. The van der Waals surface area contributed by atoms with Crippen LogP contribution in [0.2, 0.25) is 0 Å². The lowest BCUT2D eigenvalue weighted by Gasteiger charge is -2.36. The second-order valence-corrected chi connectivity index (χ2v) is 6.46. The van der Waals surface area contributed by atoms with Crippen molar-refractivity contribution >= 4 is 35.3 Å². The third-order valence-corrected chi connectivity index (χ3v) is 5.09. The Kier molecular flexibility index (Phi) is 4.12. The van der Waals surface area contributed by atoms with Crippen molar-refractivity contribution in [3.8, 4) is 0 Å². The zero-order valence-corrected chi connectivity index (χ0v) is 13.8. The number of anilines is 1. The molecule has 0 aliphatic carbocycles. The number of barbiturate groups is 1. The van der Waals surface area contributed by atoms with Gasteiger partial charge in [0.05, 0.1) is 5.03 Å². The summed E-state index contributed by atoms with van der Waals surface area (Å²) >= 11 is 1.48. The van der Waals surface area contributed by atoms with E-state index >= 15 is 0 Å². The maximum Gasteiger partial charge on any atom is 0.333 e. The summed E-state index contributed by atoms with van der Waals surface area (Å²) in [5.74, 6) is -0.240. The van der Waals surface area contributed by atoms with E-state index in [1.54, 1.807) is 0 Å². The molecule has 0 aromatic heterocycles. The number of para-hydroxylation sites is 1. The molecule has 23 heavy (non-hydrogen) atoms. The molecule has 0 bridgehead atoms. The van der Waals surface area contributed by atoms with Crippen LogP contribution in [0.4, 0.5) is 10.5 Å². The molecule has 0 atom stereocenters. The number of carbonyl (C=O) groups excluding carboxylic acids is 3. The van der Waals surface area contributed by atoms with Crippen LogP contribution in [0.15, 0.2) is 40.9 Å². The fourth-order valence-corrected chi connectivity index (χ4v) is 3.78. The molecule has 4 amide bonds. The van der Waals surface area contributed by atoms with Crippen LogP contribution in [-0.2, 0) is 9.59 Å². The number of likely N-dealkylation sites (N-methyl/N-ethyl adjacent to an activating group) is 2. The Morgan fingerprint density at radius 1 is 0.957 bits per heavy atom. The lowest BCUT2D eigenvalue weighted by molar-refractivity contribution is -0.134. The summed E-state index contributed by atoms with van der Waals surface area (Å²) in [6, 6.07) is 9.05. The molecule has 0 unspecified atom stereocenters. The van der Waals surface area contributed by atoms with Crippen LogP contribution in [0.1, 0.15) is 6.42 Å². The predicted octanol–water partition coefficient (Wildman–Crippen LogP) is 1.89. The normalized spacial score (nSPS) is 19.7. The topological polar surface area (TPSA) is 60.9 Å². The second kappa shape index (κ2) is 6.08. The fraction of sp³-hybridized carbons (Fsp3) is 0.312. The van der Waals surface area contributed by atoms with Crippen LogP contribution >= 0.6 is 11.8 Å². The molecule has 1 aromatic rings. The van der Waals surface area contributed by atoms with E-state index in [2.05, 4.69) is 0 Å². The van der Waals surface area contributed by atoms with Crippen LogP contribution in [0.5, 0.6) is 0 Å². The fourth-order valence-electron chi connectivity index (χ4n) is 2.64. The number of carbonyl (C=O) groups is 3. The molecule has 2 fully saturated rings. The molecular formula is C16H17N3O3S. The van der Waals surface area contributed by atoms with Gasteiger partial charge in [0.2, 0.25) is 0 Å². The van der Waals surface area contributed by atoms with E-state index in [0.717, 1.165) is 34.2 Å². The van der Waals surface area contributed by atoms with Crippen molar-refractivity contribution in [3.63, 3.8) is 0 Å². The molecule has 0 radical (unpaired) electrons. The van der Waals surface area contributed by atoms with E-state index in [9.17, 15) is 14.4 Å². The number of imide groups is 2. The average Bonchev–Trinajstić information content (AvgIpc) is 2.60. The van der Waals surface area contributed by atoms with Crippen molar-refractivity contribution in [3.05, 3.63) is 40.9 Å². The molecular weight excluding hydrogens is 314 g/mol. The molecule has 2 saturated heterocycles. The van der Waals surface area contributed by atoms with Gasteiger partial charge in [-0.15, -0.1) is 11.8 Å². The highest BCUT2D eigenvalue weighted by Crippen LogP contribution is 2.35. The summed E-state index contributed by atoms with van der Waals surface area (Å²) in [6.07, 6.45) is 0.962. The van der Waals surface area contributed by atoms with Crippen LogP contribution in [0.25, 0.3) is 0 Å². The van der Waals surface area contributed by atoms with Gasteiger partial charge in [-0.05, 0) is 18.6 Å². The number of urea groups is 1. The number of thioether (sulfide) groups is 1. The Balaban J connectivity index is 2.10. The van der Waals surface area contributed by atoms with Gasteiger partial charge >= 0.3 is 6.03 Å². The van der Waals surface area contributed by atoms with Crippen molar-refractivity contribution in [1.82, 2.24) is 9.80 Å². The molecule has 2 aliphatic rings. The minimum Gasteiger partial charge on any atom is -0.335 e. The number of amides is 4. The van der Waals surface area contributed by atoms with Crippen LogP contribution in [0.3, 0.4) is 0 Å². The van der Waals surface area contributed by atoms with E-state index in [-0.39, 0.29) is 5.57 Å². The van der Waals surface area contributed by atoms with E-state index in [0.29, 0.717) is 5.03 Å². The van der Waals surface area contributed by atoms with Gasteiger partial charge in [-0.25, -0.2) is 4.79 Å². The first kappa shape index (κ1) is 15.6. The van der Waals surface area contributed by atoms with Gasteiger partial charge in [0.1, 0.15) is 5.57 Å². The van der Waals surface area contributed by atoms with Gasteiger partial charge in [0, 0.05) is 32.1 Å². The first-order valence-electron chi connectivity index (χ1n) is 7.32. The third kappa shape index (κ3) is 2.61. The molecule has 0 N–H and O–H groups in total. The van der Waals surface area contributed by atoms with Crippen molar-refractivity contribution in [2.24, 2.45) is 0 Å². The van der Waals surface area contributed by atoms with Crippen LogP contribution in [0, 0.1) is 0 Å². The molecule has 120 valence electrons. The molecule has 0 spiro atoms. The average molecular weight is 331 g/mol. The maximum atomic E-state index is 12.5. The zero-order chi connectivity index (χ0) is 16.6. The zero-order valence-electron chi connectivity index (χ0n) is 13.0. The van der Waals surface area contributed by atoms with Crippen LogP contribution in [-0.4, -0.2) is 54.0 Å². The Labute approximate surface area is 138 Å². The third-order valence-electron chi connectivity index (χ3n) is 3.90. The van der Waals surface area contributed by atoms with Gasteiger partial charge in [0.25, 0.3) is 11.8 Å². The molecule has 2 aliphatic heterocycles. The quantitative estimate of drug-likeness (QED) is 0.581. The highest BCUT2D eigenvalue weighted by molar-refractivity contribution is 8.03. The molecule has 7 heteroatoms. The first-order chi connectivity index (χ1) is 11.0. The van der Waals surface area contributed by atoms with Crippen molar-refractivity contribution in [1.29, 1.82) is 0 Å². The van der Waals surface area contributed by atoms with E-state index in [4.69, 9.17) is 0 Å². The molecule has 1 aromatic carbocycles. The van der Waals surface area contributed by atoms with E-state index < -0.39 is 17.8 Å². The second-order valence-electron chi connectivity index (χ2n) is 5.38. The van der Waals surface area contributed by atoms with E-state index in [1.165, 1.54) is 25.9 Å². The number of nitrogens with zero attached hydrogens (tertiary/aromatic N) is 3. The summed E-state index contributed by atoms with van der Waals surface area (Å²) in [5, 5.41) is 0.628. The van der Waals surface area contributed by atoms with Gasteiger partial charge < -0.3 is 4.90 Å². The summed E-state index contributed by atoms with van der Waals surface area (Å²) in [5.41, 5.74) is 1.01. The first-order valence-corrected chi connectivity index (χ1v) is 8.30. The summed E-state index contributed by atoms with van der Waals surface area (Å²) in [4.78, 5) is 40.9. The minimum absolute atomic E-state index is 0.0724. The molecule has 2 heterocycles. The van der Waals surface area contributed by atoms with Gasteiger partial charge in [-0.3, -0.25) is 19.4 Å². The molecule has 3 rings (SSSR count). The van der Waals surface area contributed by atoms with Crippen molar-refractivity contribution in [2.45, 2.75) is 6.42 Å². The Bertz CT molecular complexity index is 676. The van der Waals surface area contributed by atoms with Gasteiger partial charge in [-0.2, -0.15) is 0 Å². The highest BCUT2D eigenvalue weighted by atomic mass is 32.2. The monoisotopic (exact) mass is 331 g/mol. The number of hydrogen-bond donors (Lipinski definition) is 0. The Morgan fingerprint density at radius 2 is 1.57 bits per heavy atom. The highest BCUT2D eigenvalue weighted by Gasteiger charge is 2.41. The largest absolute Gasteiger partial charge is 0.335 e. The van der Waals surface area contributed by atoms with Crippen molar-refractivity contribution < 1.29 is 14.4 Å². The van der Waals surface area contributed by atoms with E-state index in [1.807, 2.05) is 35.2 Å². The Morgan fingerprint density at radius 3 is 2.17 bits per heavy atom. The summed E-state index contributed by atoms with van der Waals surface area (Å²) in [7, 11) is 2.79. The number of hydrogen-bond acceptors (Lipinski definition) is 5. The SMILES string of the molecule is CN1C(=O)C(=C2SCCCN2c2ccccc2)C(=O)N(C)C1=O. The summed E-state index contributed by atoms with van der Waals surface area (Å²) < 4.78 is 0. The molecule has 0 saturated carbocycles. The van der Waals surface area contributed by atoms with Gasteiger partial charge in [-0.1, -0.05) is 18.2 Å².